The largest absolute Gasteiger partial charge is 0.367 e. The molecule has 0 saturated carbocycles. The standard InChI is InChI=1S/C16H23N3S/c1-4-5-11(3)19-15-14-12-7-6-10(2)8-13(12)20-16(14)18-9-17-15/h9-11H,4-8H2,1-3H3,(H,17,18,19)/t10-,11-/m0/s1. The van der Waals surface area contributed by atoms with E-state index in [1.807, 2.05) is 11.3 Å². The Balaban J connectivity index is 2.00. The van der Waals surface area contributed by atoms with E-state index in [0.717, 1.165) is 16.6 Å². The summed E-state index contributed by atoms with van der Waals surface area (Å²) in [6.07, 6.45) is 7.75. The minimum Gasteiger partial charge on any atom is -0.367 e. The average Bonchev–Trinajstić information content (AvgIpc) is 2.77. The van der Waals surface area contributed by atoms with E-state index in [9.17, 15) is 0 Å². The van der Waals surface area contributed by atoms with Gasteiger partial charge in [-0.25, -0.2) is 9.97 Å². The molecule has 2 atom stereocenters. The number of thiophene rings is 1. The van der Waals surface area contributed by atoms with Gasteiger partial charge in [0.25, 0.3) is 0 Å². The van der Waals surface area contributed by atoms with Crippen LogP contribution in [0, 0.1) is 5.92 Å². The molecule has 20 heavy (non-hydrogen) atoms. The molecular formula is C16H23N3S. The van der Waals surface area contributed by atoms with E-state index in [4.69, 9.17) is 0 Å². The number of anilines is 1. The van der Waals surface area contributed by atoms with Gasteiger partial charge < -0.3 is 5.32 Å². The van der Waals surface area contributed by atoms with Gasteiger partial charge in [-0.1, -0.05) is 20.3 Å². The van der Waals surface area contributed by atoms with Crippen molar-refractivity contribution in [1.29, 1.82) is 0 Å². The number of hydrogen-bond donors (Lipinski definition) is 1. The number of fused-ring (bicyclic) bond motifs is 3. The van der Waals surface area contributed by atoms with Crippen molar-refractivity contribution in [2.75, 3.05) is 5.32 Å². The molecule has 108 valence electrons. The molecule has 0 saturated heterocycles. The summed E-state index contributed by atoms with van der Waals surface area (Å²) in [5, 5.41) is 4.88. The Labute approximate surface area is 124 Å². The molecule has 0 fully saturated rings. The third-order valence-electron chi connectivity index (χ3n) is 4.20. The van der Waals surface area contributed by atoms with Gasteiger partial charge in [-0.2, -0.15) is 0 Å². The van der Waals surface area contributed by atoms with Crippen molar-refractivity contribution < 1.29 is 0 Å². The Bertz CT molecular complexity index is 605. The van der Waals surface area contributed by atoms with Crippen LogP contribution >= 0.6 is 11.3 Å². The second-order valence-corrected chi connectivity index (χ2v) is 7.17. The second-order valence-electron chi connectivity index (χ2n) is 6.09. The summed E-state index contributed by atoms with van der Waals surface area (Å²) in [7, 11) is 0. The molecule has 3 rings (SSSR count). The fourth-order valence-corrected chi connectivity index (χ4v) is 4.47. The molecule has 3 nitrogen and oxygen atoms in total. The number of aromatic nitrogens is 2. The zero-order valence-electron chi connectivity index (χ0n) is 12.6. The third-order valence-corrected chi connectivity index (χ3v) is 5.36. The van der Waals surface area contributed by atoms with Crippen LogP contribution in [0.3, 0.4) is 0 Å². The Morgan fingerprint density at radius 2 is 2.30 bits per heavy atom. The van der Waals surface area contributed by atoms with Crippen LogP contribution in [0.5, 0.6) is 0 Å². The zero-order valence-corrected chi connectivity index (χ0v) is 13.4. The summed E-state index contributed by atoms with van der Waals surface area (Å²) in [5.74, 6) is 1.85. The maximum absolute atomic E-state index is 4.51. The molecule has 1 N–H and O–H groups in total. The van der Waals surface area contributed by atoms with Crippen LogP contribution in [-0.2, 0) is 12.8 Å². The van der Waals surface area contributed by atoms with Gasteiger partial charge in [0, 0.05) is 10.9 Å². The van der Waals surface area contributed by atoms with Gasteiger partial charge in [-0.15, -0.1) is 11.3 Å². The van der Waals surface area contributed by atoms with Gasteiger partial charge in [0.05, 0.1) is 5.39 Å². The first kappa shape index (κ1) is 13.8. The van der Waals surface area contributed by atoms with E-state index in [1.165, 1.54) is 47.9 Å². The van der Waals surface area contributed by atoms with Crippen LogP contribution < -0.4 is 5.32 Å². The smallest absolute Gasteiger partial charge is 0.138 e. The van der Waals surface area contributed by atoms with Crippen molar-refractivity contribution in [1.82, 2.24) is 9.97 Å². The Kier molecular flexibility index (Phi) is 3.92. The summed E-state index contributed by atoms with van der Waals surface area (Å²) in [6, 6.07) is 0.469. The average molecular weight is 289 g/mol. The predicted molar refractivity (Wildman–Crippen MR) is 86.6 cm³/mol. The van der Waals surface area contributed by atoms with Crippen LogP contribution in [-0.4, -0.2) is 16.0 Å². The number of nitrogens with zero attached hydrogens (tertiary/aromatic N) is 2. The van der Waals surface area contributed by atoms with Crippen molar-refractivity contribution in [3.63, 3.8) is 0 Å². The molecule has 2 aromatic heterocycles. The van der Waals surface area contributed by atoms with Crippen molar-refractivity contribution in [3.8, 4) is 0 Å². The van der Waals surface area contributed by atoms with Gasteiger partial charge in [0.15, 0.2) is 0 Å². The Morgan fingerprint density at radius 3 is 3.10 bits per heavy atom. The lowest BCUT2D eigenvalue weighted by atomic mass is 9.89. The fraction of sp³-hybridized carbons (Fsp3) is 0.625. The van der Waals surface area contributed by atoms with Crippen LogP contribution in [0.1, 0.15) is 50.5 Å². The molecule has 1 aliphatic carbocycles. The highest BCUT2D eigenvalue weighted by Gasteiger charge is 2.23. The maximum Gasteiger partial charge on any atom is 0.138 e. The minimum absolute atomic E-state index is 0.469. The summed E-state index contributed by atoms with van der Waals surface area (Å²) >= 11 is 1.87. The molecule has 0 aliphatic heterocycles. The summed E-state index contributed by atoms with van der Waals surface area (Å²) in [4.78, 5) is 11.7. The lowest BCUT2D eigenvalue weighted by Crippen LogP contribution is -2.16. The molecule has 4 heteroatoms. The number of hydrogen-bond acceptors (Lipinski definition) is 4. The Morgan fingerprint density at radius 1 is 1.45 bits per heavy atom. The number of aryl methyl sites for hydroxylation is 1. The SMILES string of the molecule is CCC[C@H](C)Nc1ncnc2sc3c(c12)CC[C@H](C)C3. The van der Waals surface area contributed by atoms with E-state index in [-0.39, 0.29) is 0 Å². The van der Waals surface area contributed by atoms with Crippen molar-refractivity contribution in [2.45, 2.75) is 58.9 Å². The van der Waals surface area contributed by atoms with E-state index in [2.05, 4.69) is 36.1 Å². The minimum atomic E-state index is 0.469. The first-order valence-corrected chi connectivity index (χ1v) is 8.52. The molecule has 0 spiro atoms. The molecule has 0 unspecified atom stereocenters. The highest BCUT2D eigenvalue weighted by atomic mass is 32.1. The van der Waals surface area contributed by atoms with Gasteiger partial charge >= 0.3 is 0 Å². The molecule has 0 bridgehead atoms. The van der Waals surface area contributed by atoms with Crippen molar-refractivity contribution in [2.24, 2.45) is 5.92 Å². The van der Waals surface area contributed by atoms with Crippen molar-refractivity contribution >= 4 is 27.4 Å². The topological polar surface area (TPSA) is 37.8 Å². The highest BCUT2D eigenvalue weighted by molar-refractivity contribution is 7.19. The first-order chi connectivity index (χ1) is 9.69. The van der Waals surface area contributed by atoms with Gasteiger partial charge in [0.2, 0.25) is 0 Å². The summed E-state index contributed by atoms with van der Waals surface area (Å²) in [6.45, 7) is 6.81. The number of rotatable bonds is 4. The molecule has 0 radical (unpaired) electrons. The maximum atomic E-state index is 4.51. The van der Waals surface area contributed by atoms with E-state index in [0.29, 0.717) is 6.04 Å². The molecule has 1 aliphatic rings. The van der Waals surface area contributed by atoms with Crippen LogP contribution in [0.2, 0.25) is 0 Å². The highest BCUT2D eigenvalue weighted by Crippen LogP contribution is 2.39. The molecular weight excluding hydrogens is 266 g/mol. The molecule has 2 aromatic rings. The molecule has 0 aromatic carbocycles. The van der Waals surface area contributed by atoms with Crippen LogP contribution in [0.4, 0.5) is 5.82 Å². The predicted octanol–water partition coefficient (Wildman–Crippen LogP) is 4.42. The number of nitrogens with one attached hydrogen (secondary N) is 1. The fourth-order valence-electron chi connectivity index (χ4n) is 3.12. The normalized spacial score (nSPS) is 19.9. The molecule has 2 heterocycles. The third kappa shape index (κ3) is 2.53. The summed E-state index contributed by atoms with van der Waals surface area (Å²) < 4.78 is 0. The van der Waals surface area contributed by atoms with Crippen LogP contribution in [0.25, 0.3) is 10.2 Å². The van der Waals surface area contributed by atoms with Crippen molar-refractivity contribution in [3.05, 3.63) is 16.8 Å². The summed E-state index contributed by atoms with van der Waals surface area (Å²) in [5.41, 5.74) is 1.51. The van der Waals surface area contributed by atoms with Gasteiger partial charge in [0.1, 0.15) is 17.0 Å². The first-order valence-electron chi connectivity index (χ1n) is 7.70. The van der Waals surface area contributed by atoms with E-state index in [1.54, 1.807) is 6.33 Å². The quantitative estimate of drug-likeness (QED) is 0.905. The lowest BCUT2D eigenvalue weighted by molar-refractivity contribution is 0.509. The second kappa shape index (κ2) is 5.68. The van der Waals surface area contributed by atoms with Gasteiger partial charge in [-0.3, -0.25) is 0 Å². The Hall–Kier alpha value is -1.16. The van der Waals surface area contributed by atoms with E-state index < -0.39 is 0 Å². The van der Waals surface area contributed by atoms with Gasteiger partial charge in [-0.05, 0) is 44.1 Å². The van der Waals surface area contributed by atoms with E-state index >= 15 is 0 Å². The monoisotopic (exact) mass is 289 g/mol. The van der Waals surface area contributed by atoms with Crippen LogP contribution in [0.15, 0.2) is 6.33 Å². The zero-order chi connectivity index (χ0) is 14.1. The lowest BCUT2D eigenvalue weighted by Gasteiger charge is -2.19. The molecule has 0 amide bonds.